The summed E-state index contributed by atoms with van der Waals surface area (Å²) in [5.74, 6) is 0. The molecule has 0 fully saturated rings. The van der Waals surface area contributed by atoms with Gasteiger partial charge in [0.15, 0.2) is 0 Å². The minimum atomic E-state index is 0.381. The average molecular weight is 242 g/mol. The van der Waals surface area contributed by atoms with Crippen molar-refractivity contribution in [3.8, 4) is 0 Å². The molecular formula is C15H18N2O. The van der Waals surface area contributed by atoms with Crippen molar-refractivity contribution in [1.29, 1.82) is 0 Å². The van der Waals surface area contributed by atoms with E-state index >= 15 is 0 Å². The van der Waals surface area contributed by atoms with Crippen LogP contribution in [-0.4, -0.2) is 6.04 Å². The van der Waals surface area contributed by atoms with E-state index < -0.39 is 0 Å². The molecule has 0 aromatic heterocycles. The molecule has 0 saturated carbocycles. The predicted molar refractivity (Wildman–Crippen MR) is 77.4 cm³/mol. The van der Waals surface area contributed by atoms with Crippen molar-refractivity contribution >= 4 is 22.1 Å². The maximum atomic E-state index is 11.1. The van der Waals surface area contributed by atoms with Gasteiger partial charge in [0.1, 0.15) is 5.69 Å². The van der Waals surface area contributed by atoms with Crippen LogP contribution in [0.1, 0.15) is 26.7 Å². The van der Waals surface area contributed by atoms with Gasteiger partial charge in [-0.1, -0.05) is 44.2 Å². The zero-order valence-electron chi connectivity index (χ0n) is 10.8. The monoisotopic (exact) mass is 242 g/mol. The second-order valence-electron chi connectivity index (χ2n) is 4.43. The Labute approximate surface area is 107 Å². The predicted octanol–water partition coefficient (Wildman–Crippen LogP) is 4.84. The van der Waals surface area contributed by atoms with Gasteiger partial charge in [0.2, 0.25) is 0 Å². The first-order valence-corrected chi connectivity index (χ1v) is 6.41. The van der Waals surface area contributed by atoms with Crippen LogP contribution < -0.4 is 5.32 Å². The molecule has 0 amide bonds. The van der Waals surface area contributed by atoms with Gasteiger partial charge in [-0.05, 0) is 29.5 Å². The van der Waals surface area contributed by atoms with Gasteiger partial charge < -0.3 is 5.32 Å². The number of nitroso groups, excluding NO2 is 1. The molecule has 0 radical (unpaired) electrons. The summed E-state index contributed by atoms with van der Waals surface area (Å²) in [6, 6.07) is 12.2. The van der Waals surface area contributed by atoms with E-state index in [2.05, 4.69) is 24.3 Å². The van der Waals surface area contributed by atoms with Crippen LogP contribution in [0.25, 0.3) is 10.8 Å². The highest BCUT2D eigenvalue weighted by molar-refractivity contribution is 5.98. The number of anilines is 1. The molecule has 0 unspecified atom stereocenters. The van der Waals surface area contributed by atoms with Crippen molar-refractivity contribution in [3.63, 3.8) is 0 Å². The van der Waals surface area contributed by atoms with E-state index in [0.29, 0.717) is 11.7 Å². The lowest BCUT2D eigenvalue weighted by Gasteiger charge is -2.17. The lowest BCUT2D eigenvalue weighted by Crippen LogP contribution is -2.16. The third kappa shape index (κ3) is 2.35. The normalized spacial score (nSPS) is 10.8. The molecule has 0 spiro atoms. The van der Waals surface area contributed by atoms with Gasteiger partial charge in [0.05, 0.1) is 5.69 Å². The third-order valence-electron chi connectivity index (χ3n) is 3.34. The Bertz CT molecular complexity index is 547. The van der Waals surface area contributed by atoms with Crippen LogP contribution in [0.3, 0.4) is 0 Å². The van der Waals surface area contributed by atoms with Crippen LogP contribution in [0.15, 0.2) is 41.6 Å². The van der Waals surface area contributed by atoms with Crippen molar-refractivity contribution in [3.05, 3.63) is 41.3 Å². The van der Waals surface area contributed by atoms with E-state index in [0.717, 1.165) is 29.3 Å². The van der Waals surface area contributed by atoms with Crippen LogP contribution in [0.4, 0.5) is 11.4 Å². The fourth-order valence-corrected chi connectivity index (χ4v) is 2.18. The summed E-state index contributed by atoms with van der Waals surface area (Å²) in [6.45, 7) is 4.27. The van der Waals surface area contributed by atoms with Crippen LogP contribution in [0.5, 0.6) is 0 Å². The Morgan fingerprint density at radius 1 is 1.11 bits per heavy atom. The molecule has 0 aliphatic rings. The Kier molecular flexibility index (Phi) is 3.92. The van der Waals surface area contributed by atoms with E-state index in [1.54, 1.807) is 0 Å². The van der Waals surface area contributed by atoms with Gasteiger partial charge in [-0.3, -0.25) is 0 Å². The standard InChI is InChI=1S/C15H18N2O/c1-3-12(4-2)16-14-10-9-11-7-5-6-8-13(11)15(14)17-18/h5-10,12,16H,3-4H2,1-2H3. The molecule has 0 saturated heterocycles. The van der Waals surface area contributed by atoms with Gasteiger partial charge in [-0.2, -0.15) is 0 Å². The smallest absolute Gasteiger partial charge is 0.138 e. The Balaban J connectivity index is 2.47. The summed E-state index contributed by atoms with van der Waals surface area (Å²) in [5, 5.41) is 8.55. The second kappa shape index (κ2) is 5.63. The highest BCUT2D eigenvalue weighted by Crippen LogP contribution is 2.34. The molecule has 2 aromatic rings. The van der Waals surface area contributed by atoms with Crippen LogP contribution in [0, 0.1) is 4.91 Å². The summed E-state index contributed by atoms with van der Waals surface area (Å²) < 4.78 is 0. The van der Waals surface area contributed by atoms with Gasteiger partial charge in [-0.25, -0.2) is 0 Å². The topological polar surface area (TPSA) is 41.5 Å². The highest BCUT2D eigenvalue weighted by atomic mass is 16.3. The summed E-state index contributed by atoms with van der Waals surface area (Å²) in [6.07, 6.45) is 2.06. The minimum absolute atomic E-state index is 0.381. The molecule has 0 atom stereocenters. The zero-order valence-corrected chi connectivity index (χ0v) is 10.8. The first kappa shape index (κ1) is 12.6. The molecule has 0 aliphatic carbocycles. The lowest BCUT2D eigenvalue weighted by atomic mass is 10.1. The van der Waals surface area contributed by atoms with Crippen molar-refractivity contribution < 1.29 is 0 Å². The molecule has 0 heterocycles. The molecule has 1 N–H and O–H groups in total. The third-order valence-corrected chi connectivity index (χ3v) is 3.34. The molecular weight excluding hydrogens is 224 g/mol. The Hall–Kier alpha value is -1.90. The number of benzene rings is 2. The van der Waals surface area contributed by atoms with E-state index in [1.807, 2.05) is 36.4 Å². The summed E-state index contributed by atoms with van der Waals surface area (Å²) in [5.41, 5.74) is 1.34. The number of hydrogen-bond donors (Lipinski definition) is 1. The van der Waals surface area contributed by atoms with Crippen molar-refractivity contribution in [1.82, 2.24) is 0 Å². The van der Waals surface area contributed by atoms with Crippen LogP contribution in [0.2, 0.25) is 0 Å². The first-order chi connectivity index (χ1) is 8.80. The number of fused-ring (bicyclic) bond motifs is 1. The maximum absolute atomic E-state index is 11.1. The second-order valence-corrected chi connectivity index (χ2v) is 4.43. The molecule has 18 heavy (non-hydrogen) atoms. The average Bonchev–Trinajstić information content (AvgIpc) is 2.44. The first-order valence-electron chi connectivity index (χ1n) is 6.41. The molecule has 0 bridgehead atoms. The zero-order chi connectivity index (χ0) is 13.0. The minimum Gasteiger partial charge on any atom is -0.380 e. The van der Waals surface area contributed by atoms with Gasteiger partial charge in [0, 0.05) is 11.4 Å². The molecule has 2 aromatic carbocycles. The van der Waals surface area contributed by atoms with Crippen LogP contribution >= 0.6 is 0 Å². The van der Waals surface area contributed by atoms with Gasteiger partial charge >= 0.3 is 0 Å². The summed E-state index contributed by atoms with van der Waals surface area (Å²) >= 11 is 0. The van der Waals surface area contributed by atoms with E-state index in [-0.39, 0.29) is 0 Å². The molecule has 94 valence electrons. The SMILES string of the molecule is CCC(CC)Nc1ccc2ccccc2c1N=O. The van der Waals surface area contributed by atoms with E-state index in [4.69, 9.17) is 0 Å². The number of hydrogen-bond acceptors (Lipinski definition) is 3. The molecule has 3 nitrogen and oxygen atoms in total. The number of nitrogens with one attached hydrogen (secondary N) is 1. The summed E-state index contributed by atoms with van der Waals surface area (Å²) in [7, 11) is 0. The fraction of sp³-hybridized carbons (Fsp3) is 0.333. The van der Waals surface area contributed by atoms with E-state index in [1.165, 1.54) is 0 Å². The molecule has 2 rings (SSSR count). The van der Waals surface area contributed by atoms with Crippen molar-refractivity contribution in [2.24, 2.45) is 5.18 Å². The molecule has 3 heteroatoms. The van der Waals surface area contributed by atoms with Crippen LogP contribution in [-0.2, 0) is 0 Å². The van der Waals surface area contributed by atoms with E-state index in [9.17, 15) is 4.91 Å². The largest absolute Gasteiger partial charge is 0.380 e. The maximum Gasteiger partial charge on any atom is 0.138 e. The summed E-state index contributed by atoms with van der Waals surface area (Å²) in [4.78, 5) is 11.1. The quantitative estimate of drug-likeness (QED) is 0.762. The van der Waals surface area contributed by atoms with Crippen molar-refractivity contribution in [2.45, 2.75) is 32.7 Å². The number of rotatable bonds is 5. The van der Waals surface area contributed by atoms with Gasteiger partial charge in [0.25, 0.3) is 0 Å². The molecule has 0 aliphatic heterocycles. The lowest BCUT2D eigenvalue weighted by molar-refractivity contribution is 0.672. The van der Waals surface area contributed by atoms with Gasteiger partial charge in [-0.15, -0.1) is 4.91 Å². The van der Waals surface area contributed by atoms with Crippen molar-refractivity contribution in [2.75, 3.05) is 5.32 Å². The highest BCUT2D eigenvalue weighted by Gasteiger charge is 2.10. The fourth-order valence-electron chi connectivity index (χ4n) is 2.18. The Morgan fingerprint density at radius 3 is 2.50 bits per heavy atom. The Morgan fingerprint density at radius 2 is 1.83 bits per heavy atom. The number of nitrogens with zero attached hydrogens (tertiary/aromatic N) is 1.